The van der Waals surface area contributed by atoms with Crippen molar-refractivity contribution in [3.05, 3.63) is 170 Å². The molecule has 242 valence electrons. The second-order valence-corrected chi connectivity index (χ2v) is 12.3. The highest BCUT2D eigenvalue weighted by molar-refractivity contribution is 6.28. The average molecular weight is 677 g/mol. The molecule has 0 unspecified atom stereocenters. The van der Waals surface area contributed by atoms with Gasteiger partial charge in [0.2, 0.25) is 0 Å². The minimum Gasteiger partial charge on any atom is -0.456 e. The Hall–Kier alpha value is -7.11. The monoisotopic (exact) mass is 676 g/mol. The van der Waals surface area contributed by atoms with Gasteiger partial charge in [0.05, 0.1) is 27.5 Å². The predicted octanol–water partition coefficient (Wildman–Crippen LogP) is 12.2. The zero-order valence-corrected chi connectivity index (χ0v) is 26.9. The van der Waals surface area contributed by atoms with Crippen LogP contribution in [0, 0.1) is 0 Å². The molecule has 8 aromatic carbocycles. The fourth-order valence-electron chi connectivity index (χ4n) is 7.05. The van der Waals surface area contributed by atoms with Crippen LogP contribution in [0.4, 0.5) is 0 Å². The van der Waals surface area contributed by atoms with E-state index in [1.807, 2.05) is 72.8 Å². The molecule has 0 N–H and O–H groups in total. The van der Waals surface area contributed by atoms with Crippen molar-refractivity contribution in [3.8, 4) is 39.9 Å². The number of hydrogen-bond donors (Lipinski definition) is 0. The lowest BCUT2D eigenvalue weighted by Gasteiger charge is -2.10. The lowest BCUT2D eigenvalue weighted by Crippen LogP contribution is -2.00. The molecule has 5 nitrogen and oxygen atoms in total. The van der Waals surface area contributed by atoms with Gasteiger partial charge in [-0.05, 0) is 51.8 Å². The van der Waals surface area contributed by atoms with Gasteiger partial charge in [0.25, 0.3) is 0 Å². The van der Waals surface area contributed by atoms with E-state index in [-0.39, 0.29) is 49.0 Å². The number of aromatic nitrogens is 4. The molecule has 0 saturated carbocycles. The molecule has 11 rings (SSSR count). The molecular formula is C47H28N4O. The largest absolute Gasteiger partial charge is 0.456 e. The van der Waals surface area contributed by atoms with Gasteiger partial charge < -0.3 is 8.98 Å². The van der Waals surface area contributed by atoms with Crippen molar-refractivity contribution >= 4 is 65.3 Å². The van der Waals surface area contributed by atoms with E-state index in [1.165, 1.54) is 4.57 Å². The fraction of sp³-hybridized carbons (Fsp3) is 0. The van der Waals surface area contributed by atoms with Gasteiger partial charge in [-0.3, -0.25) is 0 Å². The van der Waals surface area contributed by atoms with Gasteiger partial charge in [0, 0.05) is 50.0 Å². The third-order valence-electron chi connectivity index (χ3n) is 9.34. The summed E-state index contributed by atoms with van der Waals surface area (Å²) < 4.78 is 115. The van der Waals surface area contributed by atoms with Crippen molar-refractivity contribution in [1.29, 1.82) is 0 Å². The van der Waals surface area contributed by atoms with Crippen LogP contribution in [0.2, 0.25) is 0 Å². The van der Waals surface area contributed by atoms with Crippen LogP contribution in [-0.4, -0.2) is 19.5 Å². The molecule has 52 heavy (non-hydrogen) atoms. The Bertz CT molecular complexity index is 3690. The molecule has 0 bridgehead atoms. The molecule has 0 aliphatic heterocycles. The van der Waals surface area contributed by atoms with Gasteiger partial charge in [0.15, 0.2) is 17.5 Å². The first-order valence-electron chi connectivity index (χ1n) is 22.5. The standard InChI is InChI=1S/C47H28N4O/c1-3-14-31(15-4-1)45-48-46(32-16-5-2-6-17-32)50-47(49-45)37-20-11-21-40-42(37)36-25-24-33(28-41(36)52-40)51-38-26-22-29-12-7-9-18-34(29)43(38)44-35-19-10-8-13-30(35)23-27-39(44)51/h1-28H/i7D,8D,9D,10D,12D,13D,18D,19D,22D,23D,26D,27D. The van der Waals surface area contributed by atoms with Gasteiger partial charge in [-0.25, -0.2) is 15.0 Å². The van der Waals surface area contributed by atoms with Crippen LogP contribution in [0.1, 0.15) is 16.4 Å². The van der Waals surface area contributed by atoms with E-state index in [4.69, 9.17) is 33.1 Å². The van der Waals surface area contributed by atoms with Crippen LogP contribution < -0.4 is 0 Å². The van der Waals surface area contributed by atoms with E-state index in [0.29, 0.717) is 45.0 Å². The maximum Gasteiger partial charge on any atom is 0.164 e. The first-order valence-corrected chi connectivity index (χ1v) is 16.5. The number of benzene rings is 8. The normalized spacial score (nSPS) is 15.1. The third-order valence-corrected chi connectivity index (χ3v) is 9.34. The van der Waals surface area contributed by atoms with E-state index in [0.717, 1.165) is 11.1 Å². The van der Waals surface area contributed by atoms with Gasteiger partial charge in [-0.1, -0.05) is 133 Å². The molecule has 11 aromatic rings. The van der Waals surface area contributed by atoms with Gasteiger partial charge in [-0.15, -0.1) is 0 Å². The maximum absolute atomic E-state index is 9.46. The van der Waals surface area contributed by atoms with Crippen LogP contribution in [0.25, 0.3) is 105 Å². The van der Waals surface area contributed by atoms with E-state index >= 15 is 0 Å². The fourth-order valence-corrected chi connectivity index (χ4v) is 7.05. The lowest BCUT2D eigenvalue weighted by molar-refractivity contribution is 0.668. The van der Waals surface area contributed by atoms with Crippen molar-refractivity contribution in [1.82, 2.24) is 19.5 Å². The number of hydrogen-bond acceptors (Lipinski definition) is 4. The second kappa shape index (κ2) is 11.2. The number of rotatable bonds is 4. The summed E-state index contributed by atoms with van der Waals surface area (Å²) in [4.78, 5) is 14.7. The Kier molecular flexibility index (Phi) is 4.16. The minimum absolute atomic E-state index is 0.0215. The minimum atomic E-state index is -0.616. The van der Waals surface area contributed by atoms with E-state index in [2.05, 4.69) is 0 Å². The van der Waals surface area contributed by atoms with E-state index in [1.54, 1.807) is 24.3 Å². The van der Waals surface area contributed by atoms with E-state index < -0.39 is 72.5 Å². The van der Waals surface area contributed by atoms with E-state index in [9.17, 15) is 2.74 Å². The molecule has 5 heteroatoms. The molecule has 3 heterocycles. The van der Waals surface area contributed by atoms with Crippen molar-refractivity contribution in [3.63, 3.8) is 0 Å². The summed E-state index contributed by atoms with van der Waals surface area (Å²) in [7, 11) is 0. The summed E-state index contributed by atoms with van der Waals surface area (Å²) in [5.41, 5.74) is 3.25. The first kappa shape index (κ1) is 19.3. The zero-order chi connectivity index (χ0) is 44.6. The summed E-state index contributed by atoms with van der Waals surface area (Å²) in [5, 5.41) is 0.449. The van der Waals surface area contributed by atoms with Crippen LogP contribution in [0.3, 0.4) is 0 Å². The topological polar surface area (TPSA) is 56.7 Å². The molecule has 3 aromatic heterocycles. The van der Waals surface area contributed by atoms with Crippen molar-refractivity contribution in [2.45, 2.75) is 0 Å². The molecule has 0 fully saturated rings. The Balaban J connectivity index is 1.25. The van der Waals surface area contributed by atoms with Gasteiger partial charge >= 0.3 is 0 Å². The maximum atomic E-state index is 9.46. The summed E-state index contributed by atoms with van der Waals surface area (Å²) in [6, 6.07) is 23.2. The number of furan rings is 1. The SMILES string of the molecule is [2H]c1c([2H])c([2H])c2c(c1[2H])c([2H])c([2H])c1c2c2c3c([2H])c([2H])c([2H])c([2H])c3c([2H])c([2H])c2n1-c1ccc2c(c1)oc1cccc(-c3nc(-c4ccccc4)nc(-c4ccccc4)n3)c12. The Morgan fingerprint density at radius 3 is 1.65 bits per heavy atom. The molecule has 0 radical (unpaired) electrons. The molecule has 0 atom stereocenters. The smallest absolute Gasteiger partial charge is 0.164 e. The Labute approximate surface area is 314 Å². The predicted molar refractivity (Wildman–Crippen MR) is 213 cm³/mol. The van der Waals surface area contributed by atoms with Crippen molar-refractivity contribution in [2.24, 2.45) is 0 Å². The zero-order valence-electron chi connectivity index (χ0n) is 38.9. The Morgan fingerprint density at radius 2 is 1.04 bits per heavy atom. The van der Waals surface area contributed by atoms with Gasteiger partial charge in [-0.2, -0.15) is 0 Å². The van der Waals surface area contributed by atoms with Crippen molar-refractivity contribution in [2.75, 3.05) is 0 Å². The molecule has 0 aliphatic carbocycles. The molecule has 0 saturated heterocycles. The average Bonchev–Trinajstić information content (AvgIpc) is 3.88. The van der Waals surface area contributed by atoms with Crippen LogP contribution in [0.5, 0.6) is 0 Å². The summed E-state index contributed by atoms with van der Waals surface area (Å²) in [6.45, 7) is 0. The summed E-state index contributed by atoms with van der Waals surface area (Å²) >= 11 is 0. The lowest BCUT2D eigenvalue weighted by atomic mass is 10.00. The van der Waals surface area contributed by atoms with Crippen LogP contribution >= 0.6 is 0 Å². The first-order chi connectivity index (χ1) is 30.8. The molecule has 0 amide bonds. The summed E-state index contributed by atoms with van der Waals surface area (Å²) in [6.07, 6.45) is 0. The van der Waals surface area contributed by atoms with Crippen LogP contribution in [0.15, 0.2) is 174 Å². The molecule has 0 aliphatic rings. The number of fused-ring (bicyclic) bond motifs is 10. The highest BCUT2D eigenvalue weighted by atomic mass is 16.3. The quantitative estimate of drug-likeness (QED) is 0.186. The highest BCUT2D eigenvalue weighted by Crippen LogP contribution is 2.42. The van der Waals surface area contributed by atoms with Crippen molar-refractivity contribution < 1.29 is 20.9 Å². The van der Waals surface area contributed by atoms with Crippen LogP contribution in [-0.2, 0) is 0 Å². The van der Waals surface area contributed by atoms with Gasteiger partial charge in [0.1, 0.15) is 11.2 Å². The number of nitrogens with zero attached hydrogens (tertiary/aromatic N) is 4. The summed E-state index contributed by atoms with van der Waals surface area (Å²) in [5.74, 6) is 1.33. The Morgan fingerprint density at radius 1 is 0.462 bits per heavy atom. The second-order valence-electron chi connectivity index (χ2n) is 12.3. The molecular weight excluding hydrogens is 637 g/mol. The highest BCUT2D eigenvalue weighted by Gasteiger charge is 2.21. The third kappa shape index (κ3) is 4.33. The molecule has 0 spiro atoms.